The molecule has 0 radical (unpaired) electrons. The van der Waals surface area contributed by atoms with E-state index in [0.29, 0.717) is 11.7 Å². The molecule has 1 amide bonds. The van der Waals surface area contributed by atoms with Crippen LogP contribution < -0.4 is 5.32 Å². The van der Waals surface area contributed by atoms with Crippen LogP contribution in [-0.4, -0.2) is 36.7 Å². The third-order valence-electron chi connectivity index (χ3n) is 4.22. The zero-order valence-corrected chi connectivity index (χ0v) is 13.7. The van der Waals surface area contributed by atoms with E-state index in [2.05, 4.69) is 20.5 Å². The summed E-state index contributed by atoms with van der Waals surface area (Å²) in [5, 5.41) is 19.9. The third kappa shape index (κ3) is 3.16. The van der Waals surface area contributed by atoms with Crippen LogP contribution in [0, 0.1) is 0 Å². The van der Waals surface area contributed by atoms with E-state index >= 15 is 0 Å². The van der Waals surface area contributed by atoms with Crippen LogP contribution in [0.25, 0.3) is 5.82 Å². The van der Waals surface area contributed by atoms with E-state index in [1.807, 2.05) is 6.07 Å². The van der Waals surface area contributed by atoms with Crippen molar-refractivity contribution < 1.29 is 14.7 Å². The van der Waals surface area contributed by atoms with Gasteiger partial charge in [-0.3, -0.25) is 9.36 Å². The molecule has 1 fully saturated rings. The largest absolute Gasteiger partial charge is 0.478 e. The highest BCUT2D eigenvalue weighted by molar-refractivity contribution is 6.06. The smallest absolute Gasteiger partial charge is 0.337 e. The SMILES string of the molecule is O=C(Nc1ccc(C2CC2)cc1C(=O)O)c1ccc(-n2ccnc2)nn1. The van der Waals surface area contributed by atoms with Crippen molar-refractivity contribution in [1.82, 2.24) is 19.7 Å². The van der Waals surface area contributed by atoms with Gasteiger partial charge in [0.25, 0.3) is 5.91 Å². The first-order chi connectivity index (χ1) is 12.6. The lowest BCUT2D eigenvalue weighted by atomic mass is 10.0. The Hall–Kier alpha value is -3.55. The number of hydrogen-bond acceptors (Lipinski definition) is 5. The number of carboxylic acid groups (broad SMARTS) is 1. The number of nitrogens with one attached hydrogen (secondary N) is 1. The number of benzene rings is 1. The van der Waals surface area contributed by atoms with Crippen molar-refractivity contribution in [2.75, 3.05) is 5.32 Å². The standard InChI is InChI=1S/C18H15N5O3/c24-17(15-5-6-16(22-21-15)23-8-7-19-10-23)20-14-4-3-12(11-1-2-11)9-13(14)18(25)26/h3-11H,1-2H2,(H,20,24)(H,25,26). The van der Waals surface area contributed by atoms with Gasteiger partial charge in [-0.25, -0.2) is 9.78 Å². The zero-order chi connectivity index (χ0) is 18.1. The number of nitrogens with zero attached hydrogens (tertiary/aromatic N) is 4. The summed E-state index contributed by atoms with van der Waals surface area (Å²) in [4.78, 5) is 27.8. The molecule has 0 spiro atoms. The normalized spacial score (nSPS) is 13.4. The fourth-order valence-corrected chi connectivity index (χ4v) is 2.68. The highest BCUT2D eigenvalue weighted by Crippen LogP contribution is 2.41. The molecule has 0 bridgehead atoms. The molecular weight excluding hydrogens is 334 g/mol. The Balaban J connectivity index is 1.55. The van der Waals surface area contributed by atoms with Crippen LogP contribution in [0.4, 0.5) is 5.69 Å². The van der Waals surface area contributed by atoms with Gasteiger partial charge in [0.05, 0.1) is 11.3 Å². The summed E-state index contributed by atoms with van der Waals surface area (Å²) in [6.07, 6.45) is 7.04. The van der Waals surface area contributed by atoms with Gasteiger partial charge in [0.1, 0.15) is 6.33 Å². The summed E-state index contributed by atoms with van der Waals surface area (Å²) in [5.41, 5.74) is 1.40. The van der Waals surface area contributed by atoms with Gasteiger partial charge >= 0.3 is 5.97 Å². The van der Waals surface area contributed by atoms with Crippen LogP contribution in [0.15, 0.2) is 49.1 Å². The second-order valence-electron chi connectivity index (χ2n) is 6.09. The number of rotatable bonds is 5. The van der Waals surface area contributed by atoms with E-state index in [1.54, 1.807) is 41.5 Å². The summed E-state index contributed by atoms with van der Waals surface area (Å²) in [7, 11) is 0. The second kappa shape index (κ2) is 6.40. The number of aromatic nitrogens is 4. The van der Waals surface area contributed by atoms with Gasteiger partial charge < -0.3 is 10.4 Å². The lowest BCUT2D eigenvalue weighted by molar-refractivity contribution is 0.0698. The van der Waals surface area contributed by atoms with Gasteiger partial charge in [-0.1, -0.05) is 6.07 Å². The van der Waals surface area contributed by atoms with Crippen LogP contribution in [0.5, 0.6) is 0 Å². The minimum atomic E-state index is -1.08. The Labute approximate surface area is 148 Å². The molecule has 2 heterocycles. The molecule has 8 heteroatoms. The third-order valence-corrected chi connectivity index (χ3v) is 4.22. The number of carboxylic acids is 1. The predicted molar refractivity (Wildman–Crippen MR) is 92.5 cm³/mol. The Morgan fingerprint density at radius 3 is 2.62 bits per heavy atom. The maximum atomic E-state index is 12.4. The molecule has 0 aliphatic heterocycles. The molecule has 1 aliphatic carbocycles. The molecule has 4 rings (SSSR count). The first kappa shape index (κ1) is 15.9. The Kier molecular flexibility index (Phi) is 3.92. The Bertz CT molecular complexity index is 963. The fourth-order valence-electron chi connectivity index (χ4n) is 2.68. The predicted octanol–water partition coefficient (Wildman–Crippen LogP) is 2.49. The maximum absolute atomic E-state index is 12.4. The van der Waals surface area contributed by atoms with Gasteiger partial charge in [-0.05, 0) is 48.6 Å². The molecule has 0 atom stereocenters. The average Bonchev–Trinajstić information content (AvgIpc) is 3.36. The minimum Gasteiger partial charge on any atom is -0.478 e. The quantitative estimate of drug-likeness (QED) is 0.732. The molecule has 0 unspecified atom stereocenters. The number of imidazole rings is 1. The highest BCUT2D eigenvalue weighted by atomic mass is 16.4. The number of aromatic carboxylic acids is 1. The van der Waals surface area contributed by atoms with Crippen molar-refractivity contribution in [3.8, 4) is 5.82 Å². The van der Waals surface area contributed by atoms with Crippen molar-refractivity contribution in [3.05, 3.63) is 65.9 Å². The molecule has 130 valence electrons. The number of amides is 1. The lowest BCUT2D eigenvalue weighted by Gasteiger charge is -2.10. The first-order valence-electron chi connectivity index (χ1n) is 8.12. The minimum absolute atomic E-state index is 0.0748. The average molecular weight is 349 g/mol. The molecule has 3 aromatic rings. The highest BCUT2D eigenvalue weighted by Gasteiger charge is 2.25. The van der Waals surface area contributed by atoms with Crippen molar-refractivity contribution in [2.45, 2.75) is 18.8 Å². The molecule has 2 N–H and O–H groups in total. The number of anilines is 1. The van der Waals surface area contributed by atoms with Crippen LogP contribution in [0.3, 0.4) is 0 Å². The van der Waals surface area contributed by atoms with E-state index in [9.17, 15) is 14.7 Å². The lowest BCUT2D eigenvalue weighted by Crippen LogP contribution is -2.17. The summed E-state index contributed by atoms with van der Waals surface area (Å²) >= 11 is 0. The summed E-state index contributed by atoms with van der Waals surface area (Å²) in [6.45, 7) is 0. The van der Waals surface area contributed by atoms with E-state index in [0.717, 1.165) is 18.4 Å². The van der Waals surface area contributed by atoms with Gasteiger partial charge in [0, 0.05) is 12.4 Å². The molecule has 1 saturated carbocycles. The number of carbonyl (C=O) groups excluding carboxylic acids is 1. The number of carbonyl (C=O) groups is 2. The van der Waals surface area contributed by atoms with Crippen molar-refractivity contribution in [1.29, 1.82) is 0 Å². The van der Waals surface area contributed by atoms with Gasteiger partial charge in [-0.2, -0.15) is 0 Å². The molecular formula is C18H15N5O3. The Morgan fingerprint density at radius 2 is 2.00 bits per heavy atom. The Morgan fingerprint density at radius 1 is 1.15 bits per heavy atom. The van der Waals surface area contributed by atoms with Crippen molar-refractivity contribution >= 4 is 17.6 Å². The summed E-state index contributed by atoms with van der Waals surface area (Å²) in [5.74, 6) is -0.640. The van der Waals surface area contributed by atoms with Gasteiger partial charge in [0.2, 0.25) is 0 Å². The van der Waals surface area contributed by atoms with Gasteiger partial charge in [0.15, 0.2) is 11.5 Å². The fraction of sp³-hybridized carbons (Fsp3) is 0.167. The topological polar surface area (TPSA) is 110 Å². The maximum Gasteiger partial charge on any atom is 0.337 e. The van der Waals surface area contributed by atoms with E-state index in [1.165, 1.54) is 6.07 Å². The van der Waals surface area contributed by atoms with Crippen LogP contribution in [0.1, 0.15) is 45.2 Å². The number of hydrogen-bond donors (Lipinski definition) is 2. The van der Waals surface area contributed by atoms with Crippen LogP contribution >= 0.6 is 0 Å². The van der Waals surface area contributed by atoms with Crippen LogP contribution in [-0.2, 0) is 0 Å². The zero-order valence-electron chi connectivity index (χ0n) is 13.7. The monoisotopic (exact) mass is 349 g/mol. The molecule has 1 aliphatic rings. The second-order valence-corrected chi connectivity index (χ2v) is 6.09. The van der Waals surface area contributed by atoms with Crippen molar-refractivity contribution in [3.63, 3.8) is 0 Å². The molecule has 8 nitrogen and oxygen atoms in total. The summed E-state index contributed by atoms with van der Waals surface area (Å²) < 4.78 is 1.66. The van der Waals surface area contributed by atoms with E-state index < -0.39 is 11.9 Å². The molecule has 26 heavy (non-hydrogen) atoms. The van der Waals surface area contributed by atoms with E-state index in [-0.39, 0.29) is 16.9 Å². The molecule has 0 saturated heterocycles. The first-order valence-corrected chi connectivity index (χ1v) is 8.12. The van der Waals surface area contributed by atoms with E-state index in [4.69, 9.17) is 0 Å². The van der Waals surface area contributed by atoms with Crippen LogP contribution in [0.2, 0.25) is 0 Å². The molecule has 2 aromatic heterocycles. The van der Waals surface area contributed by atoms with Crippen molar-refractivity contribution in [2.24, 2.45) is 0 Å². The van der Waals surface area contributed by atoms with Gasteiger partial charge in [-0.15, -0.1) is 10.2 Å². The summed E-state index contributed by atoms with van der Waals surface area (Å²) in [6, 6.07) is 8.27. The molecule has 1 aromatic carbocycles.